The summed E-state index contributed by atoms with van der Waals surface area (Å²) in [5.41, 5.74) is 4.48. The molecule has 1 aromatic heterocycles. The maximum Gasteiger partial charge on any atom is 0.226 e. The van der Waals surface area contributed by atoms with Gasteiger partial charge in [0, 0.05) is 18.5 Å². The lowest BCUT2D eigenvalue weighted by Gasteiger charge is -2.17. The average Bonchev–Trinajstić information content (AvgIpc) is 3.45. The van der Waals surface area contributed by atoms with Crippen LogP contribution in [0.2, 0.25) is 0 Å². The molecule has 0 unspecified atom stereocenters. The monoisotopic (exact) mass is 435 g/mol. The molecule has 0 saturated carbocycles. The van der Waals surface area contributed by atoms with Gasteiger partial charge in [0.2, 0.25) is 5.91 Å². The maximum atomic E-state index is 12.5. The van der Waals surface area contributed by atoms with Crippen LogP contribution in [0.25, 0.3) is 0 Å². The van der Waals surface area contributed by atoms with E-state index in [0.717, 1.165) is 23.0 Å². The van der Waals surface area contributed by atoms with Crippen LogP contribution in [0.3, 0.4) is 0 Å². The Labute approximate surface area is 188 Å². The summed E-state index contributed by atoms with van der Waals surface area (Å²) in [6, 6.07) is 16.3. The number of carbonyl (C=O) groups excluding carboxylic acids is 1. The predicted octanol–water partition coefficient (Wildman–Crippen LogP) is 4.49. The zero-order valence-corrected chi connectivity index (χ0v) is 18.8. The SMILES string of the molecule is Cc1ccc(OCc2nc(CC(=O)NCc3ccccc3CN3CCCC3)cs2)cc1. The standard InChI is InChI=1S/C25H29N3O2S/c1-19-8-10-23(11-9-19)30-17-25-27-22(18-31-25)14-24(29)26-15-20-6-2-3-7-21(20)16-28-12-4-5-13-28/h2-3,6-11,18H,4-5,12-17H2,1H3,(H,26,29). The zero-order chi connectivity index (χ0) is 21.5. The van der Waals surface area contributed by atoms with Gasteiger partial charge in [-0.2, -0.15) is 0 Å². The van der Waals surface area contributed by atoms with Gasteiger partial charge in [-0.05, 0) is 56.1 Å². The van der Waals surface area contributed by atoms with Crippen LogP contribution in [0.15, 0.2) is 53.9 Å². The first kappa shape index (κ1) is 21.5. The summed E-state index contributed by atoms with van der Waals surface area (Å²) in [6.07, 6.45) is 2.85. The molecule has 162 valence electrons. The van der Waals surface area contributed by atoms with Gasteiger partial charge in [-0.1, -0.05) is 42.0 Å². The van der Waals surface area contributed by atoms with Crippen molar-refractivity contribution >= 4 is 17.2 Å². The maximum absolute atomic E-state index is 12.5. The number of thiazole rings is 1. The van der Waals surface area contributed by atoms with Crippen LogP contribution in [0.1, 0.15) is 40.2 Å². The van der Waals surface area contributed by atoms with E-state index in [1.807, 2.05) is 42.6 Å². The number of amides is 1. The summed E-state index contributed by atoms with van der Waals surface area (Å²) >= 11 is 1.53. The number of benzene rings is 2. The number of rotatable bonds is 9. The van der Waals surface area contributed by atoms with Gasteiger partial charge in [-0.15, -0.1) is 11.3 Å². The van der Waals surface area contributed by atoms with Crippen LogP contribution in [0, 0.1) is 6.92 Å². The highest BCUT2D eigenvalue weighted by atomic mass is 32.1. The third-order valence-corrected chi connectivity index (χ3v) is 6.38. The van der Waals surface area contributed by atoms with Gasteiger partial charge in [0.15, 0.2) is 0 Å². The van der Waals surface area contributed by atoms with Gasteiger partial charge >= 0.3 is 0 Å². The van der Waals surface area contributed by atoms with E-state index < -0.39 is 0 Å². The highest BCUT2D eigenvalue weighted by molar-refractivity contribution is 7.09. The van der Waals surface area contributed by atoms with E-state index >= 15 is 0 Å². The summed E-state index contributed by atoms with van der Waals surface area (Å²) in [4.78, 5) is 19.5. The number of nitrogens with zero attached hydrogens (tertiary/aromatic N) is 2. The van der Waals surface area contributed by atoms with Crippen molar-refractivity contribution in [2.45, 2.75) is 45.9 Å². The van der Waals surface area contributed by atoms with Gasteiger partial charge in [0.05, 0.1) is 12.1 Å². The van der Waals surface area contributed by atoms with Crippen LogP contribution < -0.4 is 10.1 Å². The van der Waals surface area contributed by atoms with Crippen LogP contribution in [-0.4, -0.2) is 28.9 Å². The summed E-state index contributed by atoms with van der Waals surface area (Å²) in [6.45, 7) is 6.31. The molecular weight excluding hydrogens is 406 g/mol. The van der Waals surface area contributed by atoms with E-state index in [0.29, 0.717) is 13.2 Å². The van der Waals surface area contributed by atoms with E-state index in [4.69, 9.17) is 4.74 Å². The molecule has 1 amide bonds. The fraction of sp³-hybridized carbons (Fsp3) is 0.360. The topological polar surface area (TPSA) is 54.5 Å². The summed E-state index contributed by atoms with van der Waals surface area (Å²) in [5.74, 6) is 0.819. The minimum Gasteiger partial charge on any atom is -0.486 e. The average molecular weight is 436 g/mol. The molecule has 0 radical (unpaired) electrons. The number of aryl methyl sites for hydroxylation is 1. The Hall–Kier alpha value is -2.70. The number of aromatic nitrogens is 1. The highest BCUT2D eigenvalue weighted by Gasteiger charge is 2.14. The fourth-order valence-corrected chi connectivity index (χ4v) is 4.47. The molecule has 1 aliphatic heterocycles. The predicted molar refractivity (Wildman–Crippen MR) is 124 cm³/mol. The second-order valence-electron chi connectivity index (χ2n) is 8.04. The van der Waals surface area contributed by atoms with Gasteiger partial charge in [-0.25, -0.2) is 4.98 Å². The molecule has 1 fully saturated rings. The van der Waals surface area contributed by atoms with Crippen molar-refractivity contribution in [3.63, 3.8) is 0 Å². The van der Waals surface area contributed by atoms with E-state index in [9.17, 15) is 4.79 Å². The lowest BCUT2D eigenvalue weighted by molar-refractivity contribution is -0.120. The lowest BCUT2D eigenvalue weighted by Crippen LogP contribution is -2.26. The van der Waals surface area contributed by atoms with Crippen LogP contribution in [0.5, 0.6) is 5.75 Å². The minimum absolute atomic E-state index is 0.00715. The Morgan fingerprint density at radius 3 is 2.61 bits per heavy atom. The molecule has 31 heavy (non-hydrogen) atoms. The number of carbonyl (C=O) groups is 1. The fourth-order valence-electron chi connectivity index (χ4n) is 3.76. The first-order chi connectivity index (χ1) is 15.2. The minimum atomic E-state index is -0.00715. The van der Waals surface area contributed by atoms with E-state index in [2.05, 4.69) is 33.4 Å². The Kier molecular flexibility index (Phi) is 7.33. The van der Waals surface area contributed by atoms with Gasteiger partial charge in [0.25, 0.3) is 0 Å². The largest absolute Gasteiger partial charge is 0.486 e. The summed E-state index contributed by atoms with van der Waals surface area (Å²) in [5, 5.41) is 5.87. The van der Waals surface area contributed by atoms with Gasteiger partial charge < -0.3 is 10.1 Å². The summed E-state index contributed by atoms with van der Waals surface area (Å²) in [7, 11) is 0. The molecule has 0 bridgehead atoms. The van der Waals surface area contributed by atoms with Crippen LogP contribution in [-0.2, 0) is 30.9 Å². The van der Waals surface area contributed by atoms with E-state index in [1.54, 1.807) is 0 Å². The smallest absolute Gasteiger partial charge is 0.226 e. The van der Waals surface area contributed by atoms with Crippen molar-refractivity contribution in [2.75, 3.05) is 13.1 Å². The number of ether oxygens (including phenoxy) is 1. The zero-order valence-electron chi connectivity index (χ0n) is 18.0. The molecular formula is C25H29N3O2S. The molecule has 2 heterocycles. The summed E-state index contributed by atoms with van der Waals surface area (Å²) < 4.78 is 5.78. The van der Waals surface area contributed by atoms with Gasteiger partial charge in [-0.3, -0.25) is 9.69 Å². The van der Waals surface area contributed by atoms with E-state index in [1.165, 1.54) is 54.0 Å². The first-order valence-corrected chi connectivity index (χ1v) is 11.7. The van der Waals surface area contributed by atoms with Crippen molar-refractivity contribution in [1.29, 1.82) is 0 Å². The van der Waals surface area contributed by atoms with Crippen molar-refractivity contribution in [1.82, 2.24) is 15.2 Å². The third kappa shape index (κ3) is 6.39. The molecule has 2 aromatic carbocycles. The molecule has 1 aliphatic rings. The highest BCUT2D eigenvalue weighted by Crippen LogP contribution is 2.18. The molecule has 3 aromatic rings. The Bertz CT molecular complexity index is 994. The first-order valence-electron chi connectivity index (χ1n) is 10.8. The molecule has 1 saturated heterocycles. The van der Waals surface area contributed by atoms with Crippen molar-refractivity contribution in [3.05, 3.63) is 81.3 Å². The molecule has 4 rings (SSSR count). The third-order valence-electron chi connectivity index (χ3n) is 5.51. The Morgan fingerprint density at radius 2 is 1.84 bits per heavy atom. The second kappa shape index (κ2) is 10.6. The molecule has 0 spiro atoms. The van der Waals surface area contributed by atoms with E-state index in [-0.39, 0.29) is 12.3 Å². The molecule has 6 heteroatoms. The van der Waals surface area contributed by atoms with Crippen LogP contribution >= 0.6 is 11.3 Å². The molecule has 5 nitrogen and oxygen atoms in total. The molecule has 0 atom stereocenters. The second-order valence-corrected chi connectivity index (χ2v) is 8.98. The van der Waals surface area contributed by atoms with Crippen molar-refractivity contribution in [2.24, 2.45) is 0 Å². The van der Waals surface area contributed by atoms with Crippen molar-refractivity contribution in [3.8, 4) is 5.75 Å². The Morgan fingerprint density at radius 1 is 1.10 bits per heavy atom. The number of hydrogen-bond acceptors (Lipinski definition) is 5. The van der Waals surface area contributed by atoms with Crippen molar-refractivity contribution < 1.29 is 9.53 Å². The Balaban J connectivity index is 1.25. The normalized spacial score (nSPS) is 14.0. The number of nitrogens with one attached hydrogen (secondary N) is 1. The molecule has 1 N–H and O–H groups in total. The number of hydrogen-bond donors (Lipinski definition) is 1. The van der Waals surface area contributed by atoms with Crippen LogP contribution in [0.4, 0.5) is 0 Å². The lowest BCUT2D eigenvalue weighted by atomic mass is 10.1. The molecule has 0 aliphatic carbocycles. The number of likely N-dealkylation sites (tertiary alicyclic amines) is 1. The quantitative estimate of drug-likeness (QED) is 0.538. The van der Waals surface area contributed by atoms with Gasteiger partial charge in [0.1, 0.15) is 17.4 Å².